The van der Waals surface area contributed by atoms with Crippen molar-refractivity contribution in [2.45, 2.75) is 33.8 Å². The van der Waals surface area contributed by atoms with Crippen LogP contribution in [0.15, 0.2) is 48.5 Å². The van der Waals surface area contributed by atoms with Crippen molar-refractivity contribution < 1.29 is 14.3 Å². The number of ether oxygens (including phenoxy) is 1. The Morgan fingerprint density at radius 3 is 2.36 bits per heavy atom. The molecule has 2 aromatic carbocycles. The number of nitrogens with one attached hydrogen (secondary N) is 2. The summed E-state index contributed by atoms with van der Waals surface area (Å²) in [5.41, 5.74) is 1.97. The Bertz CT molecular complexity index is 801. The van der Waals surface area contributed by atoms with Crippen molar-refractivity contribution in [2.24, 2.45) is 0 Å². The van der Waals surface area contributed by atoms with Crippen molar-refractivity contribution >= 4 is 23.2 Å². The van der Waals surface area contributed by atoms with E-state index in [0.29, 0.717) is 24.3 Å². The Kier molecular flexibility index (Phi) is 7.87. The number of carbonyl (C=O) groups excluding carboxylic acids is 2. The highest BCUT2D eigenvalue weighted by Gasteiger charge is 2.13. The summed E-state index contributed by atoms with van der Waals surface area (Å²) in [6.45, 7) is 9.23. The molecule has 2 amide bonds. The summed E-state index contributed by atoms with van der Waals surface area (Å²) in [6.07, 6.45) is 0.0878. The fourth-order valence-corrected chi connectivity index (χ4v) is 2.76. The molecule has 0 aliphatic heterocycles. The molecule has 0 unspecified atom stereocenters. The van der Waals surface area contributed by atoms with Crippen LogP contribution >= 0.6 is 0 Å². The van der Waals surface area contributed by atoms with Gasteiger partial charge in [-0.3, -0.25) is 9.59 Å². The molecule has 0 heterocycles. The van der Waals surface area contributed by atoms with Gasteiger partial charge in [-0.2, -0.15) is 0 Å². The van der Waals surface area contributed by atoms with Gasteiger partial charge in [0.2, 0.25) is 5.91 Å². The number of amides is 2. The van der Waals surface area contributed by atoms with Gasteiger partial charge >= 0.3 is 0 Å². The lowest BCUT2D eigenvalue weighted by molar-refractivity contribution is -0.114. The molecule has 0 fully saturated rings. The number of nitrogens with zero attached hydrogens (tertiary/aromatic N) is 1. The van der Waals surface area contributed by atoms with Crippen molar-refractivity contribution in [3.63, 3.8) is 0 Å². The molecule has 0 aliphatic rings. The molecule has 0 spiro atoms. The lowest BCUT2D eigenvalue weighted by Gasteiger charge is -2.19. The fraction of sp³-hybridized carbons (Fsp3) is 0.364. The van der Waals surface area contributed by atoms with Crippen LogP contribution in [0, 0.1) is 0 Å². The van der Waals surface area contributed by atoms with Gasteiger partial charge in [-0.25, -0.2) is 0 Å². The maximum absolute atomic E-state index is 12.5. The minimum atomic E-state index is -0.192. The topological polar surface area (TPSA) is 70.7 Å². The van der Waals surface area contributed by atoms with E-state index in [2.05, 4.69) is 10.6 Å². The molecule has 0 aliphatic carbocycles. The average molecular weight is 383 g/mol. The van der Waals surface area contributed by atoms with E-state index in [1.54, 1.807) is 29.2 Å². The largest absolute Gasteiger partial charge is 0.491 e. The number of hydrogen-bond acceptors (Lipinski definition) is 4. The number of anilines is 2. The van der Waals surface area contributed by atoms with Gasteiger partial charge in [0.05, 0.1) is 12.6 Å². The minimum absolute atomic E-state index is 0.0406. The second-order valence-corrected chi connectivity index (χ2v) is 6.65. The van der Waals surface area contributed by atoms with Gasteiger partial charge in [0.15, 0.2) is 0 Å². The highest BCUT2D eigenvalue weighted by molar-refractivity contribution is 5.98. The summed E-state index contributed by atoms with van der Waals surface area (Å²) >= 11 is 0. The van der Waals surface area contributed by atoms with Crippen molar-refractivity contribution in [1.29, 1.82) is 0 Å². The minimum Gasteiger partial charge on any atom is -0.491 e. The molecule has 0 saturated heterocycles. The van der Waals surface area contributed by atoms with Crippen LogP contribution in [-0.4, -0.2) is 42.5 Å². The van der Waals surface area contributed by atoms with Crippen LogP contribution in [0.3, 0.4) is 0 Å². The predicted molar refractivity (Wildman–Crippen MR) is 113 cm³/mol. The van der Waals surface area contributed by atoms with Crippen molar-refractivity contribution in [1.82, 2.24) is 4.90 Å². The van der Waals surface area contributed by atoms with Crippen LogP contribution in [0.1, 0.15) is 38.1 Å². The first kappa shape index (κ1) is 21.3. The van der Waals surface area contributed by atoms with Crippen LogP contribution < -0.4 is 15.4 Å². The van der Waals surface area contributed by atoms with E-state index >= 15 is 0 Å². The number of hydrogen-bond donors (Lipinski definition) is 2. The molecule has 2 N–H and O–H groups in total. The van der Waals surface area contributed by atoms with Crippen molar-refractivity contribution in [3.05, 3.63) is 54.1 Å². The molecule has 2 rings (SSSR count). The Balaban J connectivity index is 1.95. The molecule has 0 radical (unpaired) electrons. The zero-order valence-electron chi connectivity index (χ0n) is 17.0. The molecular weight excluding hydrogens is 354 g/mol. The number of rotatable bonds is 9. The molecular formula is C22H29N3O3. The van der Waals surface area contributed by atoms with Gasteiger partial charge in [-0.05, 0) is 58.0 Å². The monoisotopic (exact) mass is 383 g/mol. The van der Waals surface area contributed by atoms with Gasteiger partial charge in [0, 0.05) is 36.1 Å². The Labute approximate surface area is 166 Å². The van der Waals surface area contributed by atoms with E-state index in [0.717, 1.165) is 11.4 Å². The van der Waals surface area contributed by atoms with Crippen LogP contribution in [-0.2, 0) is 4.79 Å². The van der Waals surface area contributed by atoms with Crippen molar-refractivity contribution in [3.8, 4) is 5.75 Å². The first-order valence-electron chi connectivity index (χ1n) is 9.62. The molecule has 150 valence electrons. The summed E-state index contributed by atoms with van der Waals surface area (Å²) in [5.74, 6) is 0.520. The van der Waals surface area contributed by atoms with Crippen LogP contribution in [0.4, 0.5) is 11.4 Å². The van der Waals surface area contributed by atoms with E-state index in [1.165, 1.54) is 0 Å². The summed E-state index contributed by atoms with van der Waals surface area (Å²) in [7, 11) is 0. The third kappa shape index (κ3) is 6.30. The number of carbonyl (C=O) groups is 2. The average Bonchev–Trinajstić information content (AvgIpc) is 2.67. The van der Waals surface area contributed by atoms with E-state index in [-0.39, 0.29) is 24.5 Å². The predicted octanol–water partition coefficient (Wildman–Crippen LogP) is 4.01. The Morgan fingerprint density at radius 1 is 1.00 bits per heavy atom. The lowest BCUT2D eigenvalue weighted by Crippen LogP contribution is -2.30. The van der Waals surface area contributed by atoms with E-state index < -0.39 is 0 Å². The smallest absolute Gasteiger partial charge is 0.253 e. The molecule has 0 aromatic heterocycles. The number of benzene rings is 2. The summed E-state index contributed by atoms with van der Waals surface area (Å²) < 4.78 is 5.65. The maximum atomic E-state index is 12.5. The Hall–Kier alpha value is -3.02. The third-order valence-electron chi connectivity index (χ3n) is 4.10. The normalized spacial score (nSPS) is 10.5. The van der Waals surface area contributed by atoms with E-state index in [4.69, 9.17) is 4.74 Å². The molecule has 6 nitrogen and oxygen atoms in total. The van der Waals surface area contributed by atoms with Gasteiger partial charge in [0.1, 0.15) is 5.75 Å². The van der Waals surface area contributed by atoms with Gasteiger partial charge in [-0.1, -0.05) is 12.1 Å². The fourth-order valence-electron chi connectivity index (χ4n) is 2.76. The lowest BCUT2D eigenvalue weighted by atomic mass is 10.1. The molecule has 6 heteroatoms. The standard InChI is InChI=1S/C22H29N3O3/c1-5-25(6-2)22(27)17-9-7-11-19(13-17)24-21(26)15-23-18-10-8-12-20(14-18)28-16(3)4/h7-14,16,23H,5-6,15H2,1-4H3,(H,24,26). The van der Waals surface area contributed by atoms with Crippen LogP contribution in [0.25, 0.3) is 0 Å². The van der Waals surface area contributed by atoms with Crippen LogP contribution in [0.5, 0.6) is 5.75 Å². The second kappa shape index (κ2) is 10.3. The van der Waals surface area contributed by atoms with Gasteiger partial charge in [-0.15, -0.1) is 0 Å². The first-order valence-corrected chi connectivity index (χ1v) is 9.62. The van der Waals surface area contributed by atoms with Gasteiger partial charge < -0.3 is 20.3 Å². The summed E-state index contributed by atoms with van der Waals surface area (Å²) in [5, 5.41) is 5.91. The molecule has 0 bridgehead atoms. The molecule has 2 aromatic rings. The van der Waals surface area contributed by atoms with Gasteiger partial charge in [0.25, 0.3) is 5.91 Å². The zero-order chi connectivity index (χ0) is 20.5. The van der Waals surface area contributed by atoms with Crippen LogP contribution in [0.2, 0.25) is 0 Å². The van der Waals surface area contributed by atoms with E-state index in [1.807, 2.05) is 52.0 Å². The third-order valence-corrected chi connectivity index (χ3v) is 4.10. The molecule has 28 heavy (non-hydrogen) atoms. The maximum Gasteiger partial charge on any atom is 0.253 e. The second-order valence-electron chi connectivity index (χ2n) is 6.65. The quantitative estimate of drug-likeness (QED) is 0.686. The van der Waals surface area contributed by atoms with E-state index in [9.17, 15) is 9.59 Å². The van der Waals surface area contributed by atoms with Crippen molar-refractivity contribution in [2.75, 3.05) is 30.3 Å². The highest BCUT2D eigenvalue weighted by atomic mass is 16.5. The molecule has 0 saturated carbocycles. The molecule has 0 atom stereocenters. The summed E-state index contributed by atoms with van der Waals surface area (Å²) in [4.78, 5) is 26.5. The first-order chi connectivity index (χ1) is 13.4. The summed E-state index contributed by atoms with van der Waals surface area (Å²) in [6, 6.07) is 14.5. The zero-order valence-corrected chi connectivity index (χ0v) is 17.0. The Morgan fingerprint density at radius 2 is 1.68 bits per heavy atom. The SMILES string of the molecule is CCN(CC)C(=O)c1cccc(NC(=O)CNc2cccc(OC(C)C)c2)c1. The highest BCUT2D eigenvalue weighted by Crippen LogP contribution is 2.18.